The molecule has 0 spiro atoms. The zero-order chi connectivity index (χ0) is 14.7. The van der Waals surface area contributed by atoms with Gasteiger partial charge in [-0.05, 0) is 35.4 Å². The third-order valence-corrected chi connectivity index (χ3v) is 3.42. The molecule has 0 saturated heterocycles. The van der Waals surface area contributed by atoms with E-state index in [1.807, 2.05) is 0 Å². The molecule has 0 bridgehead atoms. The SMILES string of the molecule is O=C(O)/C=C/c1c(F)cccc1-c1ccc(Cl)c(Cl)c1. The molecule has 0 radical (unpaired) electrons. The van der Waals surface area contributed by atoms with Gasteiger partial charge in [-0.3, -0.25) is 0 Å². The maximum absolute atomic E-state index is 13.9. The summed E-state index contributed by atoms with van der Waals surface area (Å²) in [4.78, 5) is 10.6. The Balaban J connectivity index is 2.58. The van der Waals surface area contributed by atoms with E-state index >= 15 is 0 Å². The summed E-state index contributed by atoms with van der Waals surface area (Å²) >= 11 is 11.8. The van der Waals surface area contributed by atoms with Crippen molar-refractivity contribution in [1.29, 1.82) is 0 Å². The zero-order valence-corrected chi connectivity index (χ0v) is 11.6. The molecule has 5 heteroatoms. The minimum atomic E-state index is -1.15. The van der Waals surface area contributed by atoms with Gasteiger partial charge in [0.15, 0.2) is 0 Å². The van der Waals surface area contributed by atoms with Crippen LogP contribution in [0.2, 0.25) is 10.0 Å². The lowest BCUT2D eigenvalue weighted by atomic mass is 9.99. The van der Waals surface area contributed by atoms with Crippen LogP contribution in [0.3, 0.4) is 0 Å². The van der Waals surface area contributed by atoms with Crippen molar-refractivity contribution >= 4 is 35.2 Å². The largest absolute Gasteiger partial charge is 0.478 e. The number of aliphatic carboxylic acids is 1. The van der Waals surface area contributed by atoms with E-state index in [0.29, 0.717) is 21.2 Å². The molecule has 0 heterocycles. The molecule has 0 aliphatic carbocycles. The van der Waals surface area contributed by atoms with Gasteiger partial charge in [-0.1, -0.05) is 41.4 Å². The number of carboxylic acid groups (broad SMARTS) is 1. The normalized spacial score (nSPS) is 10.9. The lowest BCUT2D eigenvalue weighted by Crippen LogP contribution is -1.91. The van der Waals surface area contributed by atoms with Crippen molar-refractivity contribution < 1.29 is 14.3 Å². The van der Waals surface area contributed by atoms with Gasteiger partial charge >= 0.3 is 5.97 Å². The van der Waals surface area contributed by atoms with Gasteiger partial charge < -0.3 is 5.11 Å². The summed E-state index contributed by atoms with van der Waals surface area (Å²) in [7, 11) is 0. The van der Waals surface area contributed by atoms with E-state index in [4.69, 9.17) is 28.3 Å². The monoisotopic (exact) mass is 310 g/mol. The number of carbonyl (C=O) groups is 1. The number of benzene rings is 2. The summed E-state index contributed by atoms with van der Waals surface area (Å²) in [5, 5.41) is 9.41. The van der Waals surface area contributed by atoms with Crippen LogP contribution in [0.25, 0.3) is 17.2 Å². The number of hydrogen-bond donors (Lipinski definition) is 1. The van der Waals surface area contributed by atoms with Crippen LogP contribution >= 0.6 is 23.2 Å². The van der Waals surface area contributed by atoms with E-state index in [1.54, 1.807) is 30.3 Å². The van der Waals surface area contributed by atoms with E-state index in [0.717, 1.165) is 6.08 Å². The van der Waals surface area contributed by atoms with Crippen LogP contribution in [0.15, 0.2) is 42.5 Å². The van der Waals surface area contributed by atoms with E-state index in [1.165, 1.54) is 12.1 Å². The molecule has 0 atom stereocenters. The highest BCUT2D eigenvalue weighted by Gasteiger charge is 2.09. The van der Waals surface area contributed by atoms with E-state index < -0.39 is 11.8 Å². The van der Waals surface area contributed by atoms with Gasteiger partial charge in [-0.25, -0.2) is 9.18 Å². The number of halogens is 3. The quantitative estimate of drug-likeness (QED) is 0.819. The predicted octanol–water partition coefficient (Wildman–Crippen LogP) is 4.90. The summed E-state index contributed by atoms with van der Waals surface area (Å²) < 4.78 is 13.9. The van der Waals surface area contributed by atoms with Crippen LogP contribution in [0.5, 0.6) is 0 Å². The minimum Gasteiger partial charge on any atom is -0.478 e. The fourth-order valence-corrected chi connectivity index (χ4v) is 2.07. The maximum Gasteiger partial charge on any atom is 0.328 e. The van der Waals surface area contributed by atoms with E-state index in [9.17, 15) is 9.18 Å². The highest BCUT2D eigenvalue weighted by Crippen LogP contribution is 2.31. The second-order valence-corrected chi connectivity index (χ2v) is 4.82. The molecule has 102 valence electrons. The van der Waals surface area contributed by atoms with Crippen LogP contribution in [-0.4, -0.2) is 11.1 Å². The third kappa shape index (κ3) is 3.18. The number of hydrogen-bond acceptors (Lipinski definition) is 1. The first-order valence-electron chi connectivity index (χ1n) is 5.64. The molecule has 2 aromatic rings. The average molecular weight is 311 g/mol. The maximum atomic E-state index is 13.9. The van der Waals surface area contributed by atoms with Gasteiger partial charge in [0.05, 0.1) is 10.0 Å². The minimum absolute atomic E-state index is 0.188. The van der Waals surface area contributed by atoms with Crippen molar-refractivity contribution in [3.63, 3.8) is 0 Å². The average Bonchev–Trinajstić information content (AvgIpc) is 2.40. The first-order chi connectivity index (χ1) is 9.49. The molecule has 0 aromatic heterocycles. The highest BCUT2D eigenvalue weighted by molar-refractivity contribution is 6.42. The predicted molar refractivity (Wildman–Crippen MR) is 78.5 cm³/mol. The Morgan fingerprint density at radius 3 is 2.55 bits per heavy atom. The summed E-state index contributed by atoms with van der Waals surface area (Å²) in [6, 6.07) is 9.41. The third-order valence-electron chi connectivity index (χ3n) is 2.68. The van der Waals surface area contributed by atoms with E-state index in [2.05, 4.69) is 0 Å². The van der Waals surface area contributed by atoms with Gasteiger partial charge in [0.1, 0.15) is 5.82 Å². The summed E-state index contributed by atoms with van der Waals surface area (Å²) in [6.45, 7) is 0. The van der Waals surface area contributed by atoms with Crippen molar-refractivity contribution in [2.24, 2.45) is 0 Å². The zero-order valence-electron chi connectivity index (χ0n) is 10.1. The standard InChI is InChI=1S/C15H9Cl2FO2/c16-12-6-4-9(8-13(12)17)10-2-1-3-14(18)11(10)5-7-15(19)20/h1-8H,(H,19,20)/b7-5+. The molecular formula is C15H9Cl2FO2. The Bertz CT molecular complexity index is 696. The Morgan fingerprint density at radius 1 is 1.15 bits per heavy atom. The second kappa shape index (κ2) is 6.07. The Hall–Kier alpha value is -1.84. The number of carboxylic acids is 1. The lowest BCUT2D eigenvalue weighted by molar-refractivity contribution is -0.131. The molecule has 0 aliphatic rings. The second-order valence-electron chi connectivity index (χ2n) is 4.00. The fraction of sp³-hybridized carbons (Fsp3) is 0. The molecule has 0 saturated carbocycles. The Kier molecular flexibility index (Phi) is 4.42. The molecule has 2 rings (SSSR count). The molecule has 2 aromatic carbocycles. The molecule has 20 heavy (non-hydrogen) atoms. The Morgan fingerprint density at radius 2 is 1.90 bits per heavy atom. The van der Waals surface area contributed by atoms with Crippen LogP contribution in [-0.2, 0) is 4.79 Å². The lowest BCUT2D eigenvalue weighted by Gasteiger charge is -2.08. The molecule has 0 amide bonds. The van der Waals surface area contributed by atoms with E-state index in [-0.39, 0.29) is 5.56 Å². The molecule has 0 aliphatic heterocycles. The first-order valence-corrected chi connectivity index (χ1v) is 6.39. The first kappa shape index (κ1) is 14.6. The van der Waals surface area contributed by atoms with Gasteiger partial charge in [-0.2, -0.15) is 0 Å². The fourth-order valence-electron chi connectivity index (χ4n) is 1.78. The Labute approximate surface area is 125 Å². The van der Waals surface area contributed by atoms with Crippen molar-refractivity contribution in [2.75, 3.05) is 0 Å². The van der Waals surface area contributed by atoms with Gasteiger partial charge in [0.2, 0.25) is 0 Å². The van der Waals surface area contributed by atoms with Gasteiger partial charge in [0.25, 0.3) is 0 Å². The van der Waals surface area contributed by atoms with Crippen LogP contribution < -0.4 is 0 Å². The molecule has 0 unspecified atom stereocenters. The van der Waals surface area contributed by atoms with Crippen molar-refractivity contribution in [3.05, 3.63) is 63.9 Å². The summed E-state index contributed by atoms with van der Waals surface area (Å²) in [5.41, 5.74) is 1.39. The highest BCUT2D eigenvalue weighted by atomic mass is 35.5. The smallest absolute Gasteiger partial charge is 0.328 e. The molecule has 1 N–H and O–H groups in total. The topological polar surface area (TPSA) is 37.3 Å². The van der Waals surface area contributed by atoms with Crippen molar-refractivity contribution in [3.8, 4) is 11.1 Å². The van der Waals surface area contributed by atoms with Crippen molar-refractivity contribution in [1.82, 2.24) is 0 Å². The summed E-state index contributed by atoms with van der Waals surface area (Å²) in [6.07, 6.45) is 2.11. The summed E-state index contributed by atoms with van der Waals surface area (Å²) in [5.74, 6) is -1.65. The van der Waals surface area contributed by atoms with Crippen LogP contribution in [0, 0.1) is 5.82 Å². The molecule has 2 nitrogen and oxygen atoms in total. The van der Waals surface area contributed by atoms with Crippen LogP contribution in [0.4, 0.5) is 4.39 Å². The molecular weight excluding hydrogens is 302 g/mol. The van der Waals surface area contributed by atoms with Gasteiger partial charge in [0, 0.05) is 11.6 Å². The number of rotatable bonds is 3. The van der Waals surface area contributed by atoms with Crippen molar-refractivity contribution in [2.45, 2.75) is 0 Å². The van der Waals surface area contributed by atoms with Crippen LogP contribution in [0.1, 0.15) is 5.56 Å². The molecule has 0 fully saturated rings. The van der Waals surface area contributed by atoms with Gasteiger partial charge in [-0.15, -0.1) is 0 Å².